The molecular weight excluding hydrogens is 333 g/mol. The smallest absolute Gasteiger partial charge is 0.233 e. The number of para-hydroxylation sites is 1. The summed E-state index contributed by atoms with van der Waals surface area (Å²) in [5.74, 6) is 0.924. The number of amides is 1. The van der Waals surface area contributed by atoms with Crippen LogP contribution in [0, 0.1) is 5.92 Å². The second kappa shape index (κ2) is 9.81. The monoisotopic (exact) mass is 357 g/mol. The van der Waals surface area contributed by atoms with E-state index in [0.717, 1.165) is 32.0 Å². The van der Waals surface area contributed by atoms with Gasteiger partial charge < -0.3 is 15.2 Å². The number of benzene rings is 1. The van der Waals surface area contributed by atoms with Crippen LogP contribution in [-0.2, 0) is 11.3 Å². The van der Waals surface area contributed by atoms with Crippen LogP contribution in [0.2, 0.25) is 0 Å². The Kier molecular flexibility index (Phi) is 8.45. The van der Waals surface area contributed by atoms with Crippen LogP contribution in [0.4, 0.5) is 0 Å². The summed E-state index contributed by atoms with van der Waals surface area (Å²) in [7, 11) is 0. The van der Waals surface area contributed by atoms with E-state index >= 15 is 0 Å². The Balaban J connectivity index is 0.00000132. The van der Waals surface area contributed by atoms with Gasteiger partial charge in [0.2, 0.25) is 5.91 Å². The topological polar surface area (TPSA) is 46.1 Å². The first-order chi connectivity index (χ1) is 10.3. The summed E-state index contributed by atoms with van der Waals surface area (Å²) in [6, 6.07) is 10.5. The van der Waals surface area contributed by atoms with Crippen LogP contribution in [0.3, 0.4) is 0 Å². The van der Waals surface area contributed by atoms with Gasteiger partial charge in [-0.1, -0.05) is 18.2 Å². The third-order valence-electron chi connectivity index (χ3n) is 3.99. The predicted molar refractivity (Wildman–Crippen MR) is 99.7 cm³/mol. The van der Waals surface area contributed by atoms with Gasteiger partial charge in [-0.2, -0.15) is 0 Å². The standard InChI is InChI=1S/C17H23N3O.2ClH/c21-17(13-18-12-14-6-7-14)19-9-3-10-20-11-8-15-4-1-2-5-16(15)20;;/h1-2,4-5,8,11,14,18H,3,6-7,9-10,12-13H2,(H,19,21);2*1H. The Hall–Kier alpha value is -1.23. The first-order valence-corrected chi connectivity index (χ1v) is 7.84. The maximum atomic E-state index is 11.6. The number of carbonyl (C=O) groups excluding carboxylic acids is 1. The average Bonchev–Trinajstić information content (AvgIpc) is 3.23. The summed E-state index contributed by atoms with van der Waals surface area (Å²) in [6.07, 6.45) is 5.70. The second-order valence-corrected chi connectivity index (χ2v) is 5.85. The van der Waals surface area contributed by atoms with E-state index in [0.29, 0.717) is 6.54 Å². The number of fused-ring (bicyclic) bond motifs is 1. The SMILES string of the molecule is Cl.Cl.O=C(CNCC1CC1)NCCCn1ccc2ccccc21. The predicted octanol–water partition coefficient (Wildman–Crippen LogP) is 2.99. The van der Waals surface area contributed by atoms with E-state index in [2.05, 4.69) is 51.7 Å². The van der Waals surface area contributed by atoms with Crippen LogP contribution in [0.15, 0.2) is 36.5 Å². The number of carbonyl (C=O) groups is 1. The summed E-state index contributed by atoms with van der Waals surface area (Å²) < 4.78 is 2.24. The molecule has 0 bridgehead atoms. The summed E-state index contributed by atoms with van der Waals surface area (Å²) in [5, 5.41) is 7.45. The fourth-order valence-corrected chi connectivity index (χ4v) is 2.59. The zero-order valence-electron chi connectivity index (χ0n) is 13.2. The zero-order valence-corrected chi connectivity index (χ0v) is 14.8. The number of halogens is 2. The molecule has 0 saturated heterocycles. The molecule has 1 heterocycles. The Morgan fingerprint density at radius 2 is 1.96 bits per heavy atom. The Labute approximate surface area is 149 Å². The summed E-state index contributed by atoms with van der Waals surface area (Å²) in [4.78, 5) is 11.6. The van der Waals surface area contributed by atoms with Crippen molar-refractivity contribution in [1.29, 1.82) is 0 Å². The van der Waals surface area contributed by atoms with E-state index in [9.17, 15) is 4.79 Å². The lowest BCUT2D eigenvalue weighted by molar-refractivity contribution is -0.120. The third kappa shape index (κ3) is 6.05. The molecule has 0 atom stereocenters. The van der Waals surface area contributed by atoms with Gasteiger partial charge in [0.1, 0.15) is 0 Å². The molecule has 1 aromatic heterocycles. The molecule has 1 fully saturated rings. The van der Waals surface area contributed by atoms with E-state index in [-0.39, 0.29) is 30.7 Å². The molecule has 0 aliphatic heterocycles. The molecule has 1 saturated carbocycles. The molecule has 1 aliphatic rings. The van der Waals surface area contributed by atoms with Crippen molar-refractivity contribution in [3.63, 3.8) is 0 Å². The van der Waals surface area contributed by atoms with Crippen molar-refractivity contribution < 1.29 is 4.79 Å². The zero-order chi connectivity index (χ0) is 14.5. The van der Waals surface area contributed by atoms with Gasteiger partial charge in [-0.05, 0) is 49.2 Å². The van der Waals surface area contributed by atoms with Crippen molar-refractivity contribution in [3.8, 4) is 0 Å². The second-order valence-electron chi connectivity index (χ2n) is 5.85. The van der Waals surface area contributed by atoms with Crippen LogP contribution in [0.1, 0.15) is 19.3 Å². The largest absolute Gasteiger partial charge is 0.355 e. The van der Waals surface area contributed by atoms with Crippen LogP contribution in [0.5, 0.6) is 0 Å². The molecule has 0 spiro atoms. The van der Waals surface area contributed by atoms with Gasteiger partial charge in [-0.15, -0.1) is 24.8 Å². The lowest BCUT2D eigenvalue weighted by atomic mass is 10.2. The number of aromatic nitrogens is 1. The molecule has 6 heteroatoms. The van der Waals surface area contributed by atoms with Gasteiger partial charge in [0.25, 0.3) is 0 Å². The van der Waals surface area contributed by atoms with Crippen LogP contribution in [0.25, 0.3) is 10.9 Å². The number of nitrogens with one attached hydrogen (secondary N) is 2. The molecule has 0 unspecified atom stereocenters. The molecule has 4 nitrogen and oxygen atoms in total. The third-order valence-corrected chi connectivity index (χ3v) is 3.99. The average molecular weight is 358 g/mol. The molecule has 1 aliphatic carbocycles. The molecule has 1 aromatic carbocycles. The summed E-state index contributed by atoms with van der Waals surface area (Å²) in [6.45, 7) is 3.10. The first kappa shape index (κ1) is 19.8. The molecule has 128 valence electrons. The molecule has 2 aromatic rings. The molecule has 1 amide bonds. The highest BCUT2D eigenvalue weighted by Gasteiger charge is 2.20. The minimum absolute atomic E-state index is 0. The van der Waals surface area contributed by atoms with Crippen molar-refractivity contribution in [2.24, 2.45) is 5.92 Å². The lowest BCUT2D eigenvalue weighted by Crippen LogP contribution is -2.35. The summed E-state index contributed by atoms with van der Waals surface area (Å²) >= 11 is 0. The number of aryl methyl sites for hydroxylation is 1. The van der Waals surface area contributed by atoms with Crippen LogP contribution in [-0.4, -0.2) is 30.1 Å². The lowest BCUT2D eigenvalue weighted by Gasteiger charge is -2.08. The highest BCUT2D eigenvalue weighted by atomic mass is 35.5. The van der Waals surface area contributed by atoms with E-state index in [4.69, 9.17) is 0 Å². The van der Waals surface area contributed by atoms with Crippen LogP contribution >= 0.6 is 24.8 Å². The number of hydrogen-bond donors (Lipinski definition) is 2. The fraction of sp³-hybridized carbons (Fsp3) is 0.471. The van der Waals surface area contributed by atoms with Gasteiger partial charge in [-0.25, -0.2) is 0 Å². The Bertz CT molecular complexity index is 611. The van der Waals surface area contributed by atoms with Gasteiger partial charge in [0, 0.05) is 24.8 Å². The molecule has 3 rings (SSSR count). The molecule has 23 heavy (non-hydrogen) atoms. The molecule has 0 radical (unpaired) electrons. The van der Waals surface area contributed by atoms with Gasteiger partial charge >= 0.3 is 0 Å². The van der Waals surface area contributed by atoms with Crippen molar-refractivity contribution in [2.75, 3.05) is 19.6 Å². The summed E-state index contributed by atoms with van der Waals surface area (Å²) in [5.41, 5.74) is 1.26. The highest BCUT2D eigenvalue weighted by molar-refractivity contribution is 5.85. The number of nitrogens with zero attached hydrogens (tertiary/aromatic N) is 1. The quantitative estimate of drug-likeness (QED) is 0.713. The van der Waals surface area contributed by atoms with E-state index in [1.807, 2.05) is 0 Å². The van der Waals surface area contributed by atoms with Gasteiger partial charge in [0.15, 0.2) is 0 Å². The number of hydrogen-bond acceptors (Lipinski definition) is 2. The van der Waals surface area contributed by atoms with Crippen molar-refractivity contribution in [2.45, 2.75) is 25.8 Å². The molecular formula is C17H25Cl2N3O. The van der Waals surface area contributed by atoms with Crippen molar-refractivity contribution >= 4 is 41.6 Å². The first-order valence-electron chi connectivity index (χ1n) is 7.84. The normalized spacial score (nSPS) is 13.2. The fourth-order valence-electron chi connectivity index (χ4n) is 2.59. The van der Waals surface area contributed by atoms with Crippen molar-refractivity contribution in [3.05, 3.63) is 36.5 Å². The Morgan fingerprint density at radius 1 is 1.17 bits per heavy atom. The minimum atomic E-state index is 0. The van der Waals surface area contributed by atoms with Gasteiger partial charge in [-0.3, -0.25) is 4.79 Å². The van der Waals surface area contributed by atoms with E-state index in [1.54, 1.807) is 0 Å². The Morgan fingerprint density at radius 3 is 2.74 bits per heavy atom. The maximum Gasteiger partial charge on any atom is 0.233 e. The van der Waals surface area contributed by atoms with Gasteiger partial charge in [0.05, 0.1) is 6.54 Å². The number of rotatable bonds is 8. The highest BCUT2D eigenvalue weighted by Crippen LogP contribution is 2.27. The van der Waals surface area contributed by atoms with E-state index < -0.39 is 0 Å². The molecule has 2 N–H and O–H groups in total. The van der Waals surface area contributed by atoms with E-state index in [1.165, 1.54) is 23.7 Å². The van der Waals surface area contributed by atoms with Crippen molar-refractivity contribution in [1.82, 2.24) is 15.2 Å². The maximum absolute atomic E-state index is 11.6. The van der Waals surface area contributed by atoms with Crippen LogP contribution < -0.4 is 10.6 Å². The minimum Gasteiger partial charge on any atom is -0.355 e.